The molecule has 0 aliphatic heterocycles. The normalized spacial score (nSPS) is 14.4. The molecular formula is C27H28ClN3O4. The van der Waals surface area contributed by atoms with Crippen molar-refractivity contribution in [2.24, 2.45) is 5.92 Å². The van der Waals surface area contributed by atoms with E-state index in [1.807, 2.05) is 36.5 Å². The Kier molecular flexibility index (Phi) is 6.77. The van der Waals surface area contributed by atoms with Crippen LogP contribution in [0.25, 0.3) is 22.4 Å². The number of aromatic nitrogens is 3. The lowest BCUT2D eigenvalue weighted by Gasteiger charge is -2.24. The lowest BCUT2D eigenvalue weighted by Crippen LogP contribution is -2.18. The smallest absolute Gasteiger partial charge is 0.253 e. The number of hydrogen-bond donors (Lipinski definition) is 0. The number of nitrogens with zero attached hydrogens (tertiary/aromatic N) is 3. The zero-order valence-corrected chi connectivity index (χ0v) is 20.7. The maximum Gasteiger partial charge on any atom is 0.253 e. The molecule has 2 aromatic carbocycles. The molecule has 0 atom stereocenters. The van der Waals surface area contributed by atoms with Gasteiger partial charge in [-0.25, -0.2) is 0 Å². The monoisotopic (exact) mass is 493 g/mol. The van der Waals surface area contributed by atoms with E-state index < -0.39 is 0 Å². The zero-order chi connectivity index (χ0) is 24.4. The highest BCUT2D eigenvalue weighted by Crippen LogP contribution is 2.33. The highest BCUT2D eigenvalue weighted by Gasteiger charge is 2.21. The van der Waals surface area contributed by atoms with E-state index in [-0.39, 0.29) is 11.3 Å². The predicted molar refractivity (Wildman–Crippen MR) is 135 cm³/mol. The maximum atomic E-state index is 13.6. The number of methoxy groups -OCH3 is 2. The lowest BCUT2D eigenvalue weighted by molar-refractivity contribution is 0.321. The third-order valence-electron chi connectivity index (χ3n) is 6.73. The van der Waals surface area contributed by atoms with Gasteiger partial charge in [0.1, 0.15) is 5.56 Å². The number of halogens is 1. The molecule has 0 radical (unpaired) electrons. The van der Waals surface area contributed by atoms with Crippen molar-refractivity contribution in [2.45, 2.75) is 45.1 Å². The van der Waals surface area contributed by atoms with Gasteiger partial charge in [-0.1, -0.05) is 43.0 Å². The molecule has 1 saturated carbocycles. The summed E-state index contributed by atoms with van der Waals surface area (Å²) in [5, 5.41) is 9.62. The zero-order valence-electron chi connectivity index (χ0n) is 19.9. The second-order valence-electron chi connectivity index (χ2n) is 9.06. The first kappa shape index (κ1) is 23.4. The van der Waals surface area contributed by atoms with Crippen molar-refractivity contribution in [1.82, 2.24) is 14.8 Å². The van der Waals surface area contributed by atoms with Gasteiger partial charge < -0.3 is 18.5 Å². The van der Waals surface area contributed by atoms with Crippen LogP contribution < -0.4 is 14.9 Å². The van der Waals surface area contributed by atoms with Crippen LogP contribution in [0.1, 0.15) is 43.6 Å². The van der Waals surface area contributed by atoms with E-state index in [0.29, 0.717) is 45.7 Å². The highest BCUT2D eigenvalue weighted by atomic mass is 35.5. The molecule has 7 nitrogen and oxygen atoms in total. The number of benzene rings is 2. The SMILES string of the molecule is COc1cc2c(=O)c(-c3nnc(Cc4ccc(Cl)cc4)o3)cn(CC3CCCCC3)c2cc1OC. The Bertz CT molecular complexity index is 1390. The molecule has 0 N–H and O–H groups in total. The molecule has 1 fully saturated rings. The Morgan fingerprint density at radius 1 is 1.03 bits per heavy atom. The first-order chi connectivity index (χ1) is 17.1. The minimum absolute atomic E-state index is 0.178. The maximum absolute atomic E-state index is 13.6. The van der Waals surface area contributed by atoms with Gasteiger partial charge in [-0.2, -0.15) is 0 Å². The van der Waals surface area contributed by atoms with Gasteiger partial charge in [0, 0.05) is 23.8 Å². The molecule has 2 aromatic heterocycles. The first-order valence-electron chi connectivity index (χ1n) is 11.9. The van der Waals surface area contributed by atoms with Gasteiger partial charge in [-0.05, 0) is 42.5 Å². The lowest BCUT2D eigenvalue weighted by atomic mass is 9.89. The summed E-state index contributed by atoms with van der Waals surface area (Å²) in [7, 11) is 3.16. The fourth-order valence-corrected chi connectivity index (χ4v) is 5.00. The molecule has 182 valence electrons. The number of ether oxygens (including phenoxy) is 2. The second kappa shape index (κ2) is 10.1. The minimum atomic E-state index is -0.178. The van der Waals surface area contributed by atoms with Gasteiger partial charge >= 0.3 is 0 Å². The molecule has 0 bridgehead atoms. The van der Waals surface area contributed by atoms with Gasteiger partial charge in [-0.3, -0.25) is 4.79 Å². The van der Waals surface area contributed by atoms with Crippen LogP contribution >= 0.6 is 11.6 Å². The summed E-state index contributed by atoms with van der Waals surface area (Å²) in [6, 6.07) is 11.1. The van der Waals surface area contributed by atoms with Crippen LogP contribution in [0.2, 0.25) is 5.02 Å². The topological polar surface area (TPSA) is 79.4 Å². The molecule has 5 rings (SSSR count). The molecule has 8 heteroatoms. The third kappa shape index (κ3) is 4.91. The number of rotatable bonds is 7. The fraction of sp³-hybridized carbons (Fsp3) is 0.370. The van der Waals surface area contributed by atoms with Gasteiger partial charge in [-0.15, -0.1) is 10.2 Å². The van der Waals surface area contributed by atoms with E-state index in [9.17, 15) is 4.79 Å². The first-order valence-corrected chi connectivity index (χ1v) is 12.3. The fourth-order valence-electron chi connectivity index (χ4n) is 4.88. The quantitative estimate of drug-likeness (QED) is 0.319. The third-order valence-corrected chi connectivity index (χ3v) is 6.98. The Hall–Kier alpha value is -3.32. The largest absolute Gasteiger partial charge is 0.493 e. The van der Waals surface area contributed by atoms with Crippen molar-refractivity contribution in [3.8, 4) is 23.0 Å². The molecule has 4 aromatic rings. The van der Waals surface area contributed by atoms with Gasteiger partial charge in [0.25, 0.3) is 5.89 Å². The van der Waals surface area contributed by atoms with Crippen molar-refractivity contribution in [1.29, 1.82) is 0 Å². The summed E-state index contributed by atoms with van der Waals surface area (Å²) >= 11 is 5.98. The number of fused-ring (bicyclic) bond motifs is 1. The summed E-state index contributed by atoms with van der Waals surface area (Å²) in [6.45, 7) is 0.811. The molecule has 35 heavy (non-hydrogen) atoms. The molecule has 0 unspecified atom stereocenters. The van der Waals surface area contributed by atoms with E-state index in [0.717, 1.165) is 17.6 Å². The standard InChI is InChI=1S/C27H28ClN3O4/c1-33-23-13-20-22(14-24(23)34-2)31(15-18-6-4-3-5-7-18)16-21(26(20)32)27-30-29-25(35-27)12-17-8-10-19(28)11-9-17/h8-11,13-14,16,18H,3-7,12,15H2,1-2H3. The summed E-state index contributed by atoms with van der Waals surface area (Å²) in [5.74, 6) is 2.31. The predicted octanol–water partition coefficient (Wildman–Crippen LogP) is 5.89. The molecule has 0 spiro atoms. The Balaban J connectivity index is 1.58. The van der Waals surface area contributed by atoms with Crippen molar-refractivity contribution < 1.29 is 13.9 Å². The molecule has 0 saturated heterocycles. The van der Waals surface area contributed by atoms with Crippen molar-refractivity contribution >= 4 is 22.5 Å². The average Bonchev–Trinajstić information content (AvgIpc) is 3.35. The van der Waals surface area contributed by atoms with Crippen LogP contribution in [0, 0.1) is 5.92 Å². The summed E-state index contributed by atoms with van der Waals surface area (Å²) in [5.41, 5.74) is 2.01. The molecule has 2 heterocycles. The summed E-state index contributed by atoms with van der Waals surface area (Å²) in [6.07, 6.45) is 8.44. The number of hydrogen-bond acceptors (Lipinski definition) is 6. The van der Waals surface area contributed by atoms with E-state index >= 15 is 0 Å². The van der Waals surface area contributed by atoms with Crippen LogP contribution in [0.5, 0.6) is 11.5 Å². The van der Waals surface area contributed by atoms with Crippen molar-refractivity contribution in [2.75, 3.05) is 14.2 Å². The molecule has 1 aliphatic carbocycles. The Labute approximate surface area is 208 Å². The summed E-state index contributed by atoms with van der Waals surface area (Å²) < 4.78 is 19.1. The molecule has 1 aliphatic rings. The number of pyridine rings is 1. The van der Waals surface area contributed by atoms with Crippen LogP contribution in [0.4, 0.5) is 0 Å². The van der Waals surface area contributed by atoms with E-state index in [2.05, 4.69) is 14.8 Å². The minimum Gasteiger partial charge on any atom is -0.493 e. The van der Waals surface area contributed by atoms with E-state index in [4.69, 9.17) is 25.5 Å². The molecule has 0 amide bonds. The Morgan fingerprint density at radius 3 is 2.46 bits per heavy atom. The van der Waals surface area contributed by atoms with Gasteiger partial charge in [0.2, 0.25) is 11.3 Å². The summed E-state index contributed by atoms with van der Waals surface area (Å²) in [4.78, 5) is 13.6. The van der Waals surface area contributed by atoms with Crippen LogP contribution in [0.15, 0.2) is 51.8 Å². The Morgan fingerprint density at radius 2 is 1.74 bits per heavy atom. The molecular weight excluding hydrogens is 466 g/mol. The van der Waals surface area contributed by atoms with E-state index in [1.165, 1.54) is 32.1 Å². The van der Waals surface area contributed by atoms with Crippen molar-refractivity contribution in [3.63, 3.8) is 0 Å². The highest BCUT2D eigenvalue weighted by molar-refractivity contribution is 6.30. The average molecular weight is 494 g/mol. The second-order valence-corrected chi connectivity index (χ2v) is 9.49. The van der Waals surface area contributed by atoms with Crippen LogP contribution in [-0.4, -0.2) is 29.0 Å². The van der Waals surface area contributed by atoms with Gasteiger partial charge in [0.15, 0.2) is 11.5 Å². The van der Waals surface area contributed by atoms with Crippen LogP contribution in [0.3, 0.4) is 0 Å². The van der Waals surface area contributed by atoms with Gasteiger partial charge in [0.05, 0.1) is 31.5 Å². The van der Waals surface area contributed by atoms with E-state index in [1.54, 1.807) is 20.3 Å². The van der Waals surface area contributed by atoms with Crippen LogP contribution in [-0.2, 0) is 13.0 Å². The van der Waals surface area contributed by atoms with Crippen molar-refractivity contribution in [3.05, 3.63) is 69.3 Å².